The molecule has 0 saturated carbocycles. The lowest BCUT2D eigenvalue weighted by atomic mass is 10.1. The van der Waals surface area contributed by atoms with Crippen LogP contribution < -0.4 is 25.4 Å². The molecule has 2 aromatic rings. The largest absolute Gasteiger partial charge is 0.497 e. The summed E-state index contributed by atoms with van der Waals surface area (Å²) in [6.45, 7) is 6.43. The van der Waals surface area contributed by atoms with Gasteiger partial charge < -0.3 is 25.4 Å². The van der Waals surface area contributed by atoms with Crippen LogP contribution in [0.2, 0.25) is 0 Å². The van der Waals surface area contributed by atoms with Gasteiger partial charge in [0.25, 0.3) is 5.91 Å². The van der Waals surface area contributed by atoms with E-state index in [9.17, 15) is 4.79 Å². The third kappa shape index (κ3) is 9.04. The summed E-state index contributed by atoms with van der Waals surface area (Å²) < 4.78 is 11.0. The molecule has 0 atom stereocenters. The van der Waals surface area contributed by atoms with Crippen molar-refractivity contribution in [2.24, 2.45) is 4.99 Å². The number of nitrogens with zero attached hydrogens (tertiary/aromatic N) is 1. The first-order valence-electron chi connectivity index (χ1n) is 10.2. The lowest BCUT2D eigenvalue weighted by Crippen LogP contribution is -2.41. The average molecular weight is 540 g/mol. The summed E-state index contributed by atoms with van der Waals surface area (Å²) in [5, 5.41) is 9.37. The Morgan fingerprint density at radius 1 is 1.06 bits per heavy atom. The minimum Gasteiger partial charge on any atom is -0.497 e. The number of nitrogens with one attached hydrogen (secondary N) is 3. The number of benzene rings is 2. The molecule has 0 spiro atoms. The predicted octanol–water partition coefficient (Wildman–Crippen LogP) is 3.51. The van der Waals surface area contributed by atoms with Crippen LogP contribution in [0.25, 0.3) is 0 Å². The molecule has 2 rings (SSSR count). The van der Waals surface area contributed by atoms with Crippen molar-refractivity contribution >= 4 is 35.8 Å². The van der Waals surface area contributed by atoms with E-state index in [-0.39, 0.29) is 29.9 Å². The summed E-state index contributed by atoms with van der Waals surface area (Å²) in [4.78, 5) is 16.5. The number of hydrogen-bond acceptors (Lipinski definition) is 4. The number of carbonyl (C=O) groups is 1. The van der Waals surface area contributed by atoms with Crippen LogP contribution in [-0.2, 0) is 6.54 Å². The molecule has 7 nitrogen and oxygen atoms in total. The van der Waals surface area contributed by atoms with Gasteiger partial charge in [0.1, 0.15) is 11.5 Å². The van der Waals surface area contributed by atoms with E-state index in [1.165, 1.54) is 5.56 Å². The summed E-state index contributed by atoms with van der Waals surface area (Å²) in [5.41, 5.74) is 2.80. The number of amides is 1. The molecule has 170 valence electrons. The molecule has 0 saturated heterocycles. The third-order valence-electron chi connectivity index (χ3n) is 4.39. The molecule has 2 aromatic carbocycles. The Labute approximate surface area is 202 Å². The van der Waals surface area contributed by atoms with Gasteiger partial charge in [0.2, 0.25) is 0 Å². The second-order valence-corrected chi connectivity index (χ2v) is 6.80. The minimum absolute atomic E-state index is 0. The van der Waals surface area contributed by atoms with Crippen molar-refractivity contribution in [3.05, 3.63) is 59.2 Å². The molecule has 0 aliphatic heterocycles. The van der Waals surface area contributed by atoms with Crippen LogP contribution in [0, 0.1) is 6.92 Å². The third-order valence-corrected chi connectivity index (χ3v) is 4.39. The highest BCUT2D eigenvalue weighted by Crippen LogP contribution is 2.20. The first-order chi connectivity index (χ1) is 14.6. The van der Waals surface area contributed by atoms with Gasteiger partial charge in [0, 0.05) is 37.8 Å². The molecule has 0 aliphatic carbocycles. The van der Waals surface area contributed by atoms with Gasteiger partial charge in [-0.2, -0.15) is 0 Å². The number of guanidine groups is 1. The first kappa shape index (κ1) is 26.5. The summed E-state index contributed by atoms with van der Waals surface area (Å²) in [7, 11) is 3.29. The lowest BCUT2D eigenvalue weighted by molar-refractivity contribution is 0.0954. The monoisotopic (exact) mass is 540 g/mol. The Morgan fingerprint density at radius 2 is 1.84 bits per heavy atom. The molecule has 0 heterocycles. The van der Waals surface area contributed by atoms with Gasteiger partial charge in [0.15, 0.2) is 5.96 Å². The highest BCUT2D eigenvalue weighted by atomic mass is 127. The Morgan fingerprint density at radius 3 is 2.55 bits per heavy atom. The van der Waals surface area contributed by atoms with Crippen LogP contribution in [0.3, 0.4) is 0 Å². The second kappa shape index (κ2) is 14.5. The van der Waals surface area contributed by atoms with E-state index in [1.54, 1.807) is 38.4 Å². The van der Waals surface area contributed by atoms with Crippen molar-refractivity contribution in [2.45, 2.75) is 26.8 Å². The molecule has 0 unspecified atom stereocenters. The van der Waals surface area contributed by atoms with E-state index >= 15 is 0 Å². The molecular weight excluding hydrogens is 507 g/mol. The number of rotatable bonds is 10. The van der Waals surface area contributed by atoms with Gasteiger partial charge in [0.05, 0.1) is 13.7 Å². The molecule has 0 fully saturated rings. The number of aryl methyl sites for hydroxylation is 1. The lowest BCUT2D eigenvalue weighted by Gasteiger charge is -2.15. The quantitative estimate of drug-likeness (QED) is 0.186. The van der Waals surface area contributed by atoms with E-state index in [0.717, 1.165) is 17.7 Å². The van der Waals surface area contributed by atoms with Crippen LogP contribution in [-0.4, -0.2) is 45.7 Å². The SMILES string of the molecule is CCCOc1cc(C)ccc1CNC(=NC)NCCNC(=O)c1cccc(OC)c1.I. The Balaban J connectivity index is 0.00000480. The summed E-state index contributed by atoms with van der Waals surface area (Å²) in [6, 6.07) is 13.3. The number of aliphatic imine (C=N–C) groups is 1. The standard InChI is InChI=1S/C23H32N4O3.HI/c1-5-13-30-21-14-17(2)9-10-19(21)16-27-23(24-3)26-12-11-25-22(28)18-7-6-8-20(15-18)29-4;/h6-10,14-15H,5,11-13,16H2,1-4H3,(H,25,28)(H2,24,26,27);1H. The van der Waals surface area contributed by atoms with Gasteiger partial charge in [-0.15, -0.1) is 24.0 Å². The van der Waals surface area contributed by atoms with E-state index in [1.807, 2.05) is 0 Å². The van der Waals surface area contributed by atoms with Crippen LogP contribution in [0.1, 0.15) is 34.8 Å². The molecule has 3 N–H and O–H groups in total. The highest BCUT2D eigenvalue weighted by Gasteiger charge is 2.07. The minimum atomic E-state index is -0.143. The predicted molar refractivity (Wildman–Crippen MR) is 136 cm³/mol. The smallest absolute Gasteiger partial charge is 0.251 e. The fraction of sp³-hybridized carbons (Fsp3) is 0.391. The van der Waals surface area contributed by atoms with Gasteiger partial charge in [-0.1, -0.05) is 25.1 Å². The van der Waals surface area contributed by atoms with Gasteiger partial charge in [-0.25, -0.2) is 0 Å². The zero-order valence-corrected chi connectivity index (χ0v) is 21.0. The molecule has 0 radical (unpaired) electrons. The Bertz CT molecular complexity index is 858. The fourth-order valence-corrected chi connectivity index (χ4v) is 2.78. The van der Waals surface area contributed by atoms with Crippen molar-refractivity contribution in [3.8, 4) is 11.5 Å². The maximum Gasteiger partial charge on any atom is 0.251 e. The van der Waals surface area contributed by atoms with E-state index in [0.29, 0.717) is 43.5 Å². The molecule has 0 aliphatic rings. The van der Waals surface area contributed by atoms with E-state index < -0.39 is 0 Å². The van der Waals surface area contributed by atoms with Crippen LogP contribution in [0.15, 0.2) is 47.5 Å². The van der Waals surface area contributed by atoms with Crippen LogP contribution in [0.4, 0.5) is 0 Å². The van der Waals surface area contributed by atoms with E-state index in [2.05, 4.69) is 53.0 Å². The maximum absolute atomic E-state index is 12.2. The maximum atomic E-state index is 12.2. The Hall–Kier alpha value is -2.49. The van der Waals surface area contributed by atoms with Crippen molar-refractivity contribution in [3.63, 3.8) is 0 Å². The van der Waals surface area contributed by atoms with Crippen molar-refractivity contribution < 1.29 is 14.3 Å². The number of ether oxygens (including phenoxy) is 2. The van der Waals surface area contributed by atoms with E-state index in [4.69, 9.17) is 9.47 Å². The zero-order valence-electron chi connectivity index (χ0n) is 18.7. The number of carbonyl (C=O) groups excluding carboxylic acids is 1. The van der Waals surface area contributed by atoms with Gasteiger partial charge >= 0.3 is 0 Å². The van der Waals surface area contributed by atoms with Crippen molar-refractivity contribution in [1.82, 2.24) is 16.0 Å². The number of hydrogen-bond donors (Lipinski definition) is 3. The first-order valence-corrected chi connectivity index (χ1v) is 10.2. The highest BCUT2D eigenvalue weighted by molar-refractivity contribution is 14.0. The van der Waals surface area contributed by atoms with Crippen molar-refractivity contribution in [1.29, 1.82) is 0 Å². The second-order valence-electron chi connectivity index (χ2n) is 6.80. The number of methoxy groups -OCH3 is 1. The average Bonchev–Trinajstić information content (AvgIpc) is 2.77. The topological polar surface area (TPSA) is 84.0 Å². The Kier molecular flexibility index (Phi) is 12.4. The normalized spacial score (nSPS) is 10.6. The summed E-state index contributed by atoms with van der Waals surface area (Å²) >= 11 is 0. The van der Waals surface area contributed by atoms with Gasteiger partial charge in [-0.05, 0) is 43.2 Å². The molecule has 31 heavy (non-hydrogen) atoms. The van der Waals surface area contributed by atoms with Crippen LogP contribution in [0.5, 0.6) is 11.5 Å². The molecule has 1 amide bonds. The molecule has 0 bridgehead atoms. The summed E-state index contributed by atoms with van der Waals surface area (Å²) in [6.07, 6.45) is 0.964. The fourth-order valence-electron chi connectivity index (χ4n) is 2.78. The molecule has 8 heteroatoms. The summed E-state index contributed by atoms with van der Waals surface area (Å²) in [5.74, 6) is 2.07. The van der Waals surface area contributed by atoms with Gasteiger partial charge in [-0.3, -0.25) is 9.79 Å². The molecule has 0 aromatic heterocycles. The zero-order chi connectivity index (χ0) is 21.8. The molecular formula is C23H33IN4O3. The van der Waals surface area contributed by atoms with Crippen LogP contribution >= 0.6 is 24.0 Å². The number of halogens is 1. The van der Waals surface area contributed by atoms with Crippen molar-refractivity contribution in [2.75, 3.05) is 33.9 Å².